The van der Waals surface area contributed by atoms with Gasteiger partial charge in [-0.1, -0.05) is 0 Å². The normalized spacial score (nSPS) is 28.5. The van der Waals surface area contributed by atoms with E-state index < -0.39 is 37.3 Å². The van der Waals surface area contributed by atoms with Crippen molar-refractivity contribution in [1.29, 1.82) is 0 Å². The van der Waals surface area contributed by atoms with Crippen LogP contribution in [-0.4, -0.2) is 62.7 Å². The number of hydrogen-bond donors (Lipinski definition) is 4. The molecule has 0 unspecified atom stereocenters. The van der Waals surface area contributed by atoms with Crippen LogP contribution in [0.2, 0.25) is 0 Å². The number of fused-ring (bicyclic) bond motifs is 2. The molecule has 0 aromatic heterocycles. The van der Waals surface area contributed by atoms with Crippen molar-refractivity contribution in [2.75, 3.05) is 6.61 Å². The number of aliphatic hydroxyl groups excluding tert-OH is 4. The fourth-order valence-corrected chi connectivity index (χ4v) is 2.96. The van der Waals surface area contributed by atoms with Crippen LogP contribution < -0.4 is 10.2 Å². The monoisotopic (exact) mass is 375 g/mol. The predicted octanol–water partition coefficient (Wildman–Crippen LogP) is -0.529. The molecule has 4 rings (SSSR count). The summed E-state index contributed by atoms with van der Waals surface area (Å²) < 4.78 is 16.6. The molecule has 5 atom stereocenters. The number of ether oxygens (including phenoxy) is 2. The van der Waals surface area contributed by atoms with E-state index in [1.54, 1.807) is 18.2 Å². The maximum absolute atomic E-state index is 11.5. The molecule has 1 saturated heterocycles. The molecular weight excluding hydrogens is 358 g/mol. The molecule has 9 heteroatoms. The number of aliphatic hydroxyl groups is 4. The lowest BCUT2D eigenvalue weighted by atomic mass is 9.99. The SMILES string of the molecule is O=c1ccc2nc3ccc(O[C@H]4O[C@H](CO)[C@@H](O)[C@H](O)[C@H]4O)cc3oc-2c1. The Labute approximate surface area is 152 Å². The average Bonchev–Trinajstić information content (AvgIpc) is 2.66. The highest BCUT2D eigenvalue weighted by atomic mass is 16.7. The van der Waals surface area contributed by atoms with Gasteiger partial charge in [0.25, 0.3) is 0 Å². The molecule has 0 bridgehead atoms. The maximum atomic E-state index is 11.5. The summed E-state index contributed by atoms with van der Waals surface area (Å²) in [4.78, 5) is 15.9. The van der Waals surface area contributed by atoms with Crippen molar-refractivity contribution in [3.8, 4) is 17.2 Å². The van der Waals surface area contributed by atoms with Gasteiger partial charge in [0.15, 0.2) is 16.8 Å². The molecule has 3 aliphatic rings. The van der Waals surface area contributed by atoms with Gasteiger partial charge in [0, 0.05) is 12.1 Å². The van der Waals surface area contributed by atoms with E-state index >= 15 is 0 Å². The summed E-state index contributed by atoms with van der Waals surface area (Å²) in [7, 11) is 0. The number of rotatable bonds is 3. The predicted molar refractivity (Wildman–Crippen MR) is 91.3 cm³/mol. The zero-order valence-electron chi connectivity index (χ0n) is 13.9. The van der Waals surface area contributed by atoms with Gasteiger partial charge in [-0.15, -0.1) is 0 Å². The van der Waals surface area contributed by atoms with Crippen LogP contribution in [0.25, 0.3) is 22.6 Å². The molecule has 2 heterocycles. The second-order valence-corrected chi connectivity index (χ2v) is 6.29. The summed E-state index contributed by atoms with van der Waals surface area (Å²) in [6.07, 6.45) is -6.90. The van der Waals surface area contributed by atoms with Crippen LogP contribution in [0.5, 0.6) is 5.75 Å². The van der Waals surface area contributed by atoms with Crippen LogP contribution in [0.4, 0.5) is 0 Å². The van der Waals surface area contributed by atoms with Gasteiger partial charge in [0.1, 0.15) is 41.4 Å². The van der Waals surface area contributed by atoms with Gasteiger partial charge >= 0.3 is 0 Å². The summed E-state index contributed by atoms with van der Waals surface area (Å²) >= 11 is 0. The van der Waals surface area contributed by atoms with Gasteiger partial charge in [0.05, 0.1) is 6.61 Å². The number of aromatic nitrogens is 1. The molecule has 1 aromatic rings. The van der Waals surface area contributed by atoms with E-state index in [0.29, 0.717) is 22.6 Å². The summed E-state index contributed by atoms with van der Waals surface area (Å²) in [5, 5.41) is 38.9. The minimum atomic E-state index is -1.54. The average molecular weight is 375 g/mol. The Morgan fingerprint density at radius 2 is 1.85 bits per heavy atom. The van der Waals surface area contributed by atoms with Crippen LogP contribution in [0, 0.1) is 0 Å². The molecule has 0 saturated carbocycles. The highest BCUT2D eigenvalue weighted by molar-refractivity contribution is 5.77. The molecule has 2 aliphatic heterocycles. The van der Waals surface area contributed by atoms with E-state index in [-0.39, 0.29) is 11.2 Å². The first kappa shape index (κ1) is 17.8. The van der Waals surface area contributed by atoms with Crippen molar-refractivity contribution >= 4 is 11.1 Å². The fourth-order valence-electron chi connectivity index (χ4n) is 2.96. The Bertz CT molecular complexity index is 987. The van der Waals surface area contributed by atoms with Gasteiger partial charge in [-0.05, 0) is 24.3 Å². The molecule has 1 aliphatic carbocycles. The lowest BCUT2D eigenvalue weighted by Gasteiger charge is -2.39. The molecule has 1 fully saturated rings. The van der Waals surface area contributed by atoms with Crippen LogP contribution in [-0.2, 0) is 4.74 Å². The van der Waals surface area contributed by atoms with Gasteiger partial charge < -0.3 is 34.3 Å². The van der Waals surface area contributed by atoms with E-state index in [1.165, 1.54) is 18.2 Å². The van der Waals surface area contributed by atoms with Crippen molar-refractivity contribution in [1.82, 2.24) is 4.98 Å². The van der Waals surface area contributed by atoms with Crippen molar-refractivity contribution < 1.29 is 34.3 Å². The first-order valence-corrected chi connectivity index (χ1v) is 8.28. The van der Waals surface area contributed by atoms with Crippen molar-refractivity contribution in [3.05, 3.63) is 46.6 Å². The van der Waals surface area contributed by atoms with Crippen molar-refractivity contribution in [3.63, 3.8) is 0 Å². The highest BCUT2D eigenvalue weighted by Gasteiger charge is 2.44. The quantitative estimate of drug-likeness (QED) is 0.444. The van der Waals surface area contributed by atoms with E-state index in [1.807, 2.05) is 0 Å². The maximum Gasteiger partial charge on any atom is 0.229 e. The lowest BCUT2D eigenvalue weighted by Crippen LogP contribution is -2.60. The van der Waals surface area contributed by atoms with E-state index in [9.17, 15) is 25.2 Å². The Kier molecular flexibility index (Phi) is 4.54. The summed E-state index contributed by atoms with van der Waals surface area (Å²) in [5.41, 5.74) is 1.20. The molecule has 142 valence electrons. The minimum absolute atomic E-state index is 0.207. The van der Waals surface area contributed by atoms with Crippen molar-refractivity contribution in [2.24, 2.45) is 0 Å². The third-order valence-electron chi connectivity index (χ3n) is 4.42. The second-order valence-electron chi connectivity index (χ2n) is 6.29. The van der Waals surface area contributed by atoms with Gasteiger partial charge in [-0.25, -0.2) is 4.98 Å². The Hall–Kier alpha value is -2.56. The molecular formula is C18H17NO8. The van der Waals surface area contributed by atoms with Crippen LogP contribution in [0.1, 0.15) is 0 Å². The molecule has 0 spiro atoms. The Balaban J connectivity index is 1.65. The Morgan fingerprint density at radius 1 is 1.04 bits per heavy atom. The smallest absolute Gasteiger partial charge is 0.229 e. The summed E-state index contributed by atoms with van der Waals surface area (Å²) in [6, 6.07) is 8.99. The Morgan fingerprint density at radius 3 is 2.63 bits per heavy atom. The topological polar surface area (TPSA) is 142 Å². The molecule has 0 amide bonds. The third-order valence-corrected chi connectivity index (χ3v) is 4.42. The summed E-state index contributed by atoms with van der Waals surface area (Å²) in [6.45, 7) is -0.550. The molecule has 27 heavy (non-hydrogen) atoms. The number of hydrogen-bond acceptors (Lipinski definition) is 9. The number of nitrogens with zero attached hydrogens (tertiary/aromatic N) is 1. The molecule has 0 radical (unpaired) electrons. The first-order valence-electron chi connectivity index (χ1n) is 8.28. The van der Waals surface area contributed by atoms with Crippen LogP contribution in [0.3, 0.4) is 0 Å². The fraction of sp³-hybridized carbons (Fsp3) is 0.333. The third kappa shape index (κ3) is 3.27. The zero-order chi connectivity index (χ0) is 19.1. The van der Waals surface area contributed by atoms with Gasteiger partial charge in [-0.3, -0.25) is 4.79 Å². The largest absolute Gasteiger partial charge is 0.462 e. The summed E-state index contributed by atoms with van der Waals surface area (Å²) in [5.74, 6) is 0.565. The standard InChI is InChI=1S/C18H17NO8/c20-7-14-15(22)16(23)17(24)18(27-14)25-9-2-4-11-13(6-9)26-12-5-8(21)1-3-10(12)19-11/h1-6,14-18,20,22-24H,7H2/t14-,15-,16+,17-,18+/m1/s1. The lowest BCUT2D eigenvalue weighted by molar-refractivity contribution is -0.277. The minimum Gasteiger partial charge on any atom is -0.462 e. The molecule has 4 N–H and O–H groups in total. The highest BCUT2D eigenvalue weighted by Crippen LogP contribution is 2.29. The van der Waals surface area contributed by atoms with Crippen molar-refractivity contribution in [2.45, 2.75) is 30.7 Å². The van der Waals surface area contributed by atoms with Gasteiger partial charge in [0.2, 0.25) is 6.29 Å². The van der Waals surface area contributed by atoms with Gasteiger partial charge in [-0.2, -0.15) is 0 Å². The zero-order valence-corrected chi connectivity index (χ0v) is 13.9. The van der Waals surface area contributed by atoms with Crippen LogP contribution >= 0.6 is 0 Å². The molecule has 1 aromatic carbocycles. The van der Waals surface area contributed by atoms with E-state index in [2.05, 4.69) is 4.98 Å². The first-order chi connectivity index (χ1) is 13.0. The molecule has 9 nitrogen and oxygen atoms in total. The second kappa shape index (κ2) is 6.87. The van der Waals surface area contributed by atoms with E-state index in [0.717, 1.165) is 0 Å². The van der Waals surface area contributed by atoms with Crippen LogP contribution in [0.15, 0.2) is 45.6 Å². The number of benzene rings is 2. The van der Waals surface area contributed by atoms with E-state index in [4.69, 9.17) is 13.9 Å².